The molecule has 0 aromatic rings. The minimum atomic E-state index is -1.13. The Labute approximate surface area is 171 Å². The Morgan fingerprint density at radius 2 is 0.821 bits per heavy atom. The topological polar surface area (TPSA) is 217 Å². The summed E-state index contributed by atoms with van der Waals surface area (Å²) in [4.78, 5) is 30.2. The normalized spacial score (nSPS) is 33.5. The van der Waals surface area contributed by atoms with E-state index >= 15 is 0 Å². The van der Waals surface area contributed by atoms with Gasteiger partial charge in [-0.05, 0) is 19.3 Å². The Morgan fingerprint density at radius 3 is 0.893 bits per heavy atom. The standard InChI is InChI=1S/3C5H9NO3.Fe/c3*7-3-1-4(5(8)9)6-2-3;/h3*3-4,6-7H,1-2H2,(H,8,9);/q;;;+3/p-3/t3*3-,4?;/m000./s1. The van der Waals surface area contributed by atoms with Crippen LogP contribution in [0, 0.1) is 0 Å². The number of hydrogen-bond donors (Lipinski definition) is 6. The third-order valence-corrected chi connectivity index (χ3v) is 4.18. The van der Waals surface area contributed by atoms with Crippen molar-refractivity contribution in [1.82, 2.24) is 16.0 Å². The molecule has 13 heteroatoms. The Hall–Kier alpha value is -1.31. The van der Waals surface area contributed by atoms with Crippen LogP contribution in [0.1, 0.15) is 19.3 Å². The first kappa shape index (κ1) is 26.7. The van der Waals surface area contributed by atoms with Crippen LogP contribution in [0.15, 0.2) is 0 Å². The van der Waals surface area contributed by atoms with E-state index in [0.717, 1.165) is 0 Å². The largest absolute Gasteiger partial charge is 3.00 e. The average Bonchev–Trinajstić information content (AvgIpc) is 3.30. The number of rotatable bonds is 3. The van der Waals surface area contributed by atoms with Gasteiger partial charge in [0.25, 0.3) is 0 Å². The summed E-state index contributed by atoms with van der Waals surface area (Å²) in [6.07, 6.45) is -0.763. The van der Waals surface area contributed by atoms with Crippen LogP contribution in [0.25, 0.3) is 0 Å². The van der Waals surface area contributed by atoms with Gasteiger partial charge in [-0.3, -0.25) is 0 Å². The van der Waals surface area contributed by atoms with Gasteiger partial charge < -0.3 is 61.0 Å². The molecular weight excluding hydrogens is 422 g/mol. The van der Waals surface area contributed by atoms with E-state index in [2.05, 4.69) is 16.0 Å². The molecule has 0 aliphatic carbocycles. The molecule has 12 nitrogen and oxygen atoms in total. The fourth-order valence-electron chi connectivity index (χ4n) is 2.69. The monoisotopic (exact) mass is 446 g/mol. The number of aliphatic hydroxyl groups is 3. The van der Waals surface area contributed by atoms with Gasteiger partial charge in [0.05, 0.1) is 36.2 Å². The molecule has 0 amide bonds. The minimum Gasteiger partial charge on any atom is -0.548 e. The van der Waals surface area contributed by atoms with Crippen molar-refractivity contribution in [3.05, 3.63) is 0 Å². The maximum Gasteiger partial charge on any atom is 3.00 e. The van der Waals surface area contributed by atoms with Gasteiger partial charge in [-0.1, -0.05) is 0 Å². The zero-order valence-corrected chi connectivity index (χ0v) is 16.0. The van der Waals surface area contributed by atoms with E-state index in [0.29, 0.717) is 19.6 Å². The van der Waals surface area contributed by atoms with Crippen molar-refractivity contribution >= 4 is 17.9 Å². The predicted octanol–water partition coefficient (Wildman–Crippen LogP) is -7.63. The second kappa shape index (κ2) is 13.0. The third kappa shape index (κ3) is 9.75. The van der Waals surface area contributed by atoms with Crippen LogP contribution in [-0.2, 0) is 31.5 Å². The van der Waals surface area contributed by atoms with Gasteiger partial charge in [0.1, 0.15) is 0 Å². The molecule has 0 saturated carbocycles. The van der Waals surface area contributed by atoms with Crippen molar-refractivity contribution in [2.45, 2.75) is 55.7 Å². The van der Waals surface area contributed by atoms with Crippen LogP contribution >= 0.6 is 0 Å². The van der Waals surface area contributed by atoms with E-state index in [1.807, 2.05) is 0 Å². The number of aliphatic hydroxyl groups excluding tert-OH is 3. The average molecular weight is 446 g/mol. The van der Waals surface area contributed by atoms with Gasteiger partial charge >= 0.3 is 17.1 Å². The van der Waals surface area contributed by atoms with Crippen molar-refractivity contribution in [3.63, 3.8) is 0 Å². The van der Waals surface area contributed by atoms with Crippen LogP contribution in [0.5, 0.6) is 0 Å². The van der Waals surface area contributed by atoms with Crippen molar-refractivity contribution in [2.24, 2.45) is 0 Å². The van der Waals surface area contributed by atoms with Gasteiger partial charge in [-0.2, -0.15) is 0 Å². The summed E-state index contributed by atoms with van der Waals surface area (Å²) in [6.45, 7) is 1.08. The van der Waals surface area contributed by atoms with Crippen molar-refractivity contribution in [1.29, 1.82) is 0 Å². The van der Waals surface area contributed by atoms with Crippen molar-refractivity contribution < 1.29 is 62.1 Å². The van der Waals surface area contributed by atoms with Gasteiger partial charge in [0.15, 0.2) is 0 Å². The number of carbonyl (C=O) groups is 3. The Morgan fingerprint density at radius 1 is 0.607 bits per heavy atom. The molecule has 0 bridgehead atoms. The van der Waals surface area contributed by atoms with Crippen LogP contribution in [0.4, 0.5) is 0 Å². The van der Waals surface area contributed by atoms with E-state index in [9.17, 15) is 29.7 Å². The zero-order valence-electron chi connectivity index (χ0n) is 14.9. The second-order valence-electron chi connectivity index (χ2n) is 6.51. The van der Waals surface area contributed by atoms with Crippen LogP contribution in [0.3, 0.4) is 0 Å². The smallest absolute Gasteiger partial charge is 0.548 e. The number of carboxylic acid groups (broad SMARTS) is 3. The first-order valence-electron chi connectivity index (χ1n) is 8.47. The second-order valence-corrected chi connectivity index (χ2v) is 6.51. The molecule has 6 atom stereocenters. The molecule has 3 saturated heterocycles. The maximum absolute atomic E-state index is 10.1. The molecule has 0 aromatic heterocycles. The maximum atomic E-state index is 10.1. The van der Waals surface area contributed by atoms with Crippen molar-refractivity contribution in [3.8, 4) is 0 Å². The van der Waals surface area contributed by atoms with Gasteiger partial charge in [0, 0.05) is 37.8 Å². The number of carbonyl (C=O) groups excluding carboxylic acids is 3. The summed E-state index contributed by atoms with van der Waals surface area (Å²) < 4.78 is 0. The zero-order chi connectivity index (χ0) is 20.6. The Bertz CT molecular complexity index is 454. The molecule has 28 heavy (non-hydrogen) atoms. The van der Waals surface area contributed by atoms with E-state index in [-0.39, 0.29) is 36.3 Å². The van der Waals surface area contributed by atoms with Crippen LogP contribution in [-0.4, -0.2) is 89.3 Å². The number of aliphatic carboxylic acids is 3. The molecular formula is C15H24FeN3O9. The third-order valence-electron chi connectivity index (χ3n) is 4.18. The van der Waals surface area contributed by atoms with Gasteiger partial charge in [-0.25, -0.2) is 0 Å². The predicted molar refractivity (Wildman–Crippen MR) is 82.3 cm³/mol. The fraction of sp³-hybridized carbons (Fsp3) is 0.800. The molecule has 3 heterocycles. The SMILES string of the molecule is O=C([O-])C1C[C@H](O)CN1.O=C([O-])C1C[C@H](O)CN1.O=C([O-])C1C[C@H](O)CN1.[Fe+3]. The summed E-state index contributed by atoms with van der Waals surface area (Å²) in [5.41, 5.74) is 0. The summed E-state index contributed by atoms with van der Waals surface area (Å²) in [5.74, 6) is -3.40. The number of β-amino-alcohol motifs (C(OH)–C–C–N with tert-alkyl or cyclic N) is 3. The van der Waals surface area contributed by atoms with E-state index < -0.39 is 54.3 Å². The van der Waals surface area contributed by atoms with Crippen molar-refractivity contribution in [2.75, 3.05) is 19.6 Å². The molecule has 6 N–H and O–H groups in total. The Kier molecular flexibility index (Phi) is 12.4. The summed E-state index contributed by atoms with van der Waals surface area (Å²) in [5, 5.41) is 64.4. The van der Waals surface area contributed by atoms with Crippen LogP contribution < -0.4 is 31.3 Å². The molecule has 0 aromatic carbocycles. The van der Waals surface area contributed by atoms with E-state index in [1.54, 1.807) is 0 Å². The van der Waals surface area contributed by atoms with Gasteiger partial charge in [0.2, 0.25) is 0 Å². The molecule has 0 spiro atoms. The Balaban J connectivity index is 0.000000384. The summed E-state index contributed by atoms with van der Waals surface area (Å²) in [6, 6.07) is -1.96. The number of carboxylic acids is 3. The van der Waals surface area contributed by atoms with Crippen LogP contribution in [0.2, 0.25) is 0 Å². The molecule has 3 fully saturated rings. The molecule has 3 aliphatic heterocycles. The first-order valence-corrected chi connectivity index (χ1v) is 8.47. The fourth-order valence-corrected chi connectivity index (χ4v) is 2.69. The quantitative estimate of drug-likeness (QED) is 0.223. The molecule has 3 rings (SSSR count). The first-order chi connectivity index (χ1) is 12.6. The summed E-state index contributed by atoms with van der Waals surface area (Å²) >= 11 is 0. The van der Waals surface area contributed by atoms with E-state index in [4.69, 9.17) is 15.3 Å². The van der Waals surface area contributed by atoms with Gasteiger partial charge in [-0.15, -0.1) is 0 Å². The molecule has 3 aliphatic rings. The number of nitrogens with one attached hydrogen (secondary N) is 3. The van der Waals surface area contributed by atoms with E-state index in [1.165, 1.54) is 0 Å². The number of hydrogen-bond acceptors (Lipinski definition) is 12. The summed E-state index contributed by atoms with van der Waals surface area (Å²) in [7, 11) is 0. The molecule has 1 radical (unpaired) electrons. The molecule has 3 unspecified atom stereocenters. The molecule has 161 valence electrons. The minimum absolute atomic E-state index is 0.